The predicted octanol–water partition coefficient (Wildman–Crippen LogP) is -3.02. The topological polar surface area (TPSA) is 282 Å². The molecule has 0 aliphatic heterocycles. The summed E-state index contributed by atoms with van der Waals surface area (Å²) in [4.78, 5) is 53.9. The van der Waals surface area contributed by atoms with Crippen LogP contribution in [0.4, 0.5) is 0 Å². The van der Waals surface area contributed by atoms with E-state index in [0.29, 0.717) is 37.8 Å². The lowest BCUT2D eigenvalue weighted by atomic mass is 10.0. The molecular weight excluding hydrogens is 512 g/mol. The first-order valence-electron chi connectivity index (χ1n) is 12.5. The minimum absolute atomic E-state index is 0.00539. The predicted molar refractivity (Wildman–Crippen MR) is 143 cm³/mol. The number of carboxylic acid groups (broad SMARTS) is 1. The maximum absolute atomic E-state index is 13.0. The Kier molecular flexibility index (Phi) is 14.9. The van der Waals surface area contributed by atoms with Gasteiger partial charge in [0.2, 0.25) is 17.7 Å². The number of unbranched alkanes of at least 4 members (excludes halogenated alkanes) is 1. The third-order valence-corrected chi connectivity index (χ3v) is 5.69. The number of benzene rings is 1. The molecule has 0 heterocycles. The molecule has 218 valence electrons. The van der Waals surface area contributed by atoms with Crippen molar-refractivity contribution in [1.82, 2.24) is 16.0 Å². The highest BCUT2D eigenvalue weighted by Gasteiger charge is 2.30. The minimum Gasteiger partial charge on any atom is -0.508 e. The Bertz CT molecular complexity index is 970. The fraction of sp³-hybridized carbons (Fsp3) is 0.542. The number of rotatable bonds is 18. The van der Waals surface area contributed by atoms with Crippen molar-refractivity contribution < 1.29 is 34.5 Å². The van der Waals surface area contributed by atoms with Crippen LogP contribution in [0.15, 0.2) is 29.3 Å². The van der Waals surface area contributed by atoms with E-state index in [0.717, 1.165) is 0 Å². The summed E-state index contributed by atoms with van der Waals surface area (Å²) in [6.07, 6.45) is 1.92. The molecule has 0 bridgehead atoms. The number of hydrogen-bond acceptors (Lipinski definition) is 9. The Labute approximate surface area is 226 Å². The van der Waals surface area contributed by atoms with Gasteiger partial charge in [-0.05, 0) is 49.9 Å². The molecule has 3 amide bonds. The van der Waals surface area contributed by atoms with E-state index < -0.39 is 54.5 Å². The lowest BCUT2D eigenvalue weighted by molar-refractivity contribution is -0.142. The highest BCUT2D eigenvalue weighted by atomic mass is 16.4. The molecule has 0 spiro atoms. The van der Waals surface area contributed by atoms with Crippen molar-refractivity contribution in [2.45, 2.75) is 62.7 Å². The molecule has 0 saturated carbocycles. The highest BCUT2D eigenvalue weighted by Crippen LogP contribution is 2.12. The molecule has 15 nitrogen and oxygen atoms in total. The zero-order valence-electron chi connectivity index (χ0n) is 21.7. The summed E-state index contributed by atoms with van der Waals surface area (Å²) < 4.78 is 0. The van der Waals surface area contributed by atoms with Crippen molar-refractivity contribution in [3.05, 3.63) is 29.8 Å². The smallest absolute Gasteiger partial charge is 0.326 e. The lowest BCUT2D eigenvalue weighted by Gasteiger charge is -2.24. The van der Waals surface area contributed by atoms with Gasteiger partial charge < -0.3 is 54.2 Å². The van der Waals surface area contributed by atoms with Crippen LogP contribution in [0.3, 0.4) is 0 Å². The maximum atomic E-state index is 13.0. The van der Waals surface area contributed by atoms with E-state index in [2.05, 4.69) is 20.9 Å². The summed E-state index contributed by atoms with van der Waals surface area (Å²) >= 11 is 0. The summed E-state index contributed by atoms with van der Waals surface area (Å²) in [5.74, 6) is -3.80. The van der Waals surface area contributed by atoms with E-state index in [1.165, 1.54) is 24.3 Å². The van der Waals surface area contributed by atoms with Gasteiger partial charge in [-0.15, -0.1) is 0 Å². The fourth-order valence-corrected chi connectivity index (χ4v) is 3.50. The third kappa shape index (κ3) is 12.9. The molecule has 1 aromatic carbocycles. The van der Waals surface area contributed by atoms with Crippen molar-refractivity contribution in [3.63, 3.8) is 0 Å². The van der Waals surface area contributed by atoms with Gasteiger partial charge in [0.05, 0.1) is 12.6 Å². The molecule has 15 heteroatoms. The second kappa shape index (κ2) is 17.5. The van der Waals surface area contributed by atoms with Gasteiger partial charge in [0.25, 0.3) is 0 Å². The number of guanidine groups is 1. The van der Waals surface area contributed by atoms with Gasteiger partial charge in [-0.2, -0.15) is 0 Å². The molecule has 0 radical (unpaired) electrons. The number of aliphatic carboxylic acids is 1. The monoisotopic (exact) mass is 552 g/mol. The van der Waals surface area contributed by atoms with Gasteiger partial charge in [-0.25, -0.2) is 4.79 Å². The number of carbonyl (C=O) groups is 4. The first kappa shape index (κ1) is 33.1. The Morgan fingerprint density at radius 2 is 1.44 bits per heavy atom. The quantitative estimate of drug-likeness (QED) is 0.0496. The van der Waals surface area contributed by atoms with Crippen LogP contribution in [-0.2, 0) is 25.6 Å². The van der Waals surface area contributed by atoms with Crippen molar-refractivity contribution in [1.29, 1.82) is 0 Å². The zero-order chi connectivity index (χ0) is 29.4. The van der Waals surface area contributed by atoms with Crippen LogP contribution in [0.1, 0.15) is 37.7 Å². The van der Waals surface area contributed by atoms with Crippen LogP contribution in [0.25, 0.3) is 0 Å². The van der Waals surface area contributed by atoms with E-state index in [1.54, 1.807) is 0 Å². The molecule has 1 aromatic rings. The molecular formula is C24H40N8O7. The molecule has 14 N–H and O–H groups in total. The molecule has 0 saturated heterocycles. The first-order valence-corrected chi connectivity index (χ1v) is 12.5. The van der Waals surface area contributed by atoms with Crippen molar-refractivity contribution >= 4 is 29.7 Å². The Morgan fingerprint density at radius 1 is 0.846 bits per heavy atom. The van der Waals surface area contributed by atoms with Crippen LogP contribution in [0, 0.1) is 0 Å². The fourth-order valence-electron chi connectivity index (χ4n) is 3.50. The second-order valence-corrected chi connectivity index (χ2v) is 8.91. The van der Waals surface area contributed by atoms with Crippen molar-refractivity contribution in [3.8, 4) is 5.75 Å². The van der Waals surface area contributed by atoms with Crippen LogP contribution >= 0.6 is 0 Å². The van der Waals surface area contributed by atoms with Crippen LogP contribution < -0.4 is 38.9 Å². The van der Waals surface area contributed by atoms with Gasteiger partial charge in [-0.1, -0.05) is 18.6 Å². The molecule has 39 heavy (non-hydrogen) atoms. The number of amides is 3. The Morgan fingerprint density at radius 3 is 2.00 bits per heavy atom. The summed E-state index contributed by atoms with van der Waals surface area (Å²) in [7, 11) is 0. The van der Waals surface area contributed by atoms with Gasteiger partial charge in [0.1, 0.15) is 23.9 Å². The molecule has 0 aliphatic carbocycles. The maximum Gasteiger partial charge on any atom is 0.326 e. The molecule has 0 aromatic heterocycles. The largest absolute Gasteiger partial charge is 0.508 e. The average molecular weight is 553 g/mol. The molecule has 0 fully saturated rings. The molecule has 1 rings (SSSR count). The number of aliphatic imine (C=N–C) groups is 1. The molecule has 4 atom stereocenters. The average Bonchev–Trinajstić information content (AvgIpc) is 2.89. The number of nitrogens with one attached hydrogen (secondary N) is 3. The number of aliphatic hydroxyl groups is 1. The van der Waals surface area contributed by atoms with Gasteiger partial charge in [0.15, 0.2) is 5.96 Å². The van der Waals surface area contributed by atoms with Crippen LogP contribution in [0.2, 0.25) is 0 Å². The van der Waals surface area contributed by atoms with E-state index in [1.807, 2.05) is 0 Å². The van der Waals surface area contributed by atoms with Crippen LogP contribution in [0.5, 0.6) is 5.75 Å². The normalized spacial score (nSPS) is 13.8. The van der Waals surface area contributed by atoms with Crippen molar-refractivity contribution in [2.75, 3.05) is 19.7 Å². The number of hydrogen-bond donors (Lipinski definition) is 10. The highest BCUT2D eigenvalue weighted by molar-refractivity contribution is 5.94. The van der Waals surface area contributed by atoms with E-state index >= 15 is 0 Å². The number of phenolic OH excluding ortho intramolecular Hbond substituents is 1. The summed E-state index contributed by atoms with van der Waals surface area (Å²) in [5, 5.41) is 35.9. The third-order valence-electron chi connectivity index (χ3n) is 5.69. The SMILES string of the molecule is NCCCCC(N)C(=O)NC(CCCN=C(N)N)C(=O)NC(CO)C(=O)NC(Cc1ccc(O)cc1)C(=O)O. The number of nitrogens with two attached hydrogens (primary N) is 4. The number of phenols is 1. The Hall–Kier alpha value is -3.95. The van der Waals surface area contributed by atoms with E-state index in [4.69, 9.17) is 22.9 Å². The van der Waals surface area contributed by atoms with Gasteiger partial charge in [0, 0.05) is 13.0 Å². The van der Waals surface area contributed by atoms with E-state index in [-0.39, 0.29) is 31.1 Å². The van der Waals surface area contributed by atoms with Crippen molar-refractivity contribution in [2.24, 2.45) is 27.9 Å². The lowest BCUT2D eigenvalue weighted by Crippen LogP contribution is -2.58. The van der Waals surface area contributed by atoms with Gasteiger partial charge >= 0.3 is 5.97 Å². The number of nitrogens with zero attached hydrogens (tertiary/aromatic N) is 1. The molecule has 0 aliphatic rings. The number of carboxylic acids is 1. The first-order chi connectivity index (χ1) is 18.5. The number of aromatic hydroxyl groups is 1. The minimum atomic E-state index is -1.51. The summed E-state index contributed by atoms with van der Waals surface area (Å²) in [6.45, 7) is -0.213. The zero-order valence-corrected chi connectivity index (χ0v) is 21.7. The summed E-state index contributed by atoms with van der Waals surface area (Å²) in [5.41, 5.74) is 22.5. The number of carbonyl (C=O) groups excluding carboxylic acids is 3. The Balaban J connectivity index is 2.90. The number of aliphatic hydroxyl groups excluding tert-OH is 1. The second-order valence-electron chi connectivity index (χ2n) is 8.91. The summed E-state index contributed by atoms with van der Waals surface area (Å²) in [6, 6.07) is 0.832. The standard InChI is InChI=1S/C24H40N8O7/c25-10-2-1-4-16(26)20(35)30-17(5-3-11-29-24(27)28)21(36)32-19(13-33)22(37)31-18(23(38)39)12-14-6-8-15(34)9-7-14/h6-9,16-19,33-34H,1-5,10-13,25-26H2,(H,30,35)(H,31,37)(H,32,36)(H,38,39)(H4,27,28,29). The van der Waals surface area contributed by atoms with Crippen LogP contribution in [-0.4, -0.2) is 88.8 Å². The van der Waals surface area contributed by atoms with E-state index in [9.17, 15) is 34.5 Å². The van der Waals surface area contributed by atoms with Gasteiger partial charge in [-0.3, -0.25) is 19.4 Å². The molecule has 4 unspecified atom stereocenters.